The maximum Gasteiger partial charge on any atom is 0.261 e. The van der Waals surface area contributed by atoms with E-state index in [2.05, 4.69) is 4.98 Å². The summed E-state index contributed by atoms with van der Waals surface area (Å²) in [6.07, 6.45) is 3.81. The van der Waals surface area contributed by atoms with Gasteiger partial charge in [-0.05, 0) is 37.8 Å². The lowest BCUT2D eigenvalue weighted by Crippen LogP contribution is -2.28. The van der Waals surface area contributed by atoms with Crippen LogP contribution in [0, 0.1) is 18.6 Å². The number of nitrogens with one attached hydrogen (secondary N) is 1. The quantitative estimate of drug-likeness (QED) is 0.662. The van der Waals surface area contributed by atoms with Gasteiger partial charge in [-0.1, -0.05) is 0 Å². The number of H-pyrrole nitrogens is 1. The second kappa shape index (κ2) is 5.88. The number of rotatable bonds is 2. The fraction of sp³-hybridized carbons (Fsp3) is 0.400. The molecule has 1 saturated heterocycles. The molecule has 146 valence electrons. The Kier molecular flexibility index (Phi) is 3.64. The number of nitrogens with two attached hydrogens (primary N) is 1. The fourth-order valence-electron chi connectivity index (χ4n) is 4.37. The lowest BCUT2D eigenvalue weighted by atomic mass is 10.1. The van der Waals surface area contributed by atoms with E-state index in [1.54, 1.807) is 16.4 Å². The Labute approximate surface area is 158 Å². The minimum absolute atomic E-state index is 0.0141. The Morgan fingerprint density at radius 2 is 1.93 bits per heavy atom. The summed E-state index contributed by atoms with van der Waals surface area (Å²) in [7, 11) is 0. The molecule has 1 unspecified atom stereocenters. The average molecular weight is 386 g/mol. The van der Waals surface area contributed by atoms with Crippen molar-refractivity contribution < 1.29 is 8.78 Å². The van der Waals surface area contributed by atoms with Gasteiger partial charge in [0.25, 0.3) is 5.56 Å². The second-order valence-corrected chi connectivity index (χ2v) is 7.87. The van der Waals surface area contributed by atoms with Crippen molar-refractivity contribution in [1.82, 2.24) is 9.55 Å². The van der Waals surface area contributed by atoms with E-state index in [1.807, 2.05) is 0 Å². The van der Waals surface area contributed by atoms with Crippen LogP contribution in [0.3, 0.4) is 0 Å². The summed E-state index contributed by atoms with van der Waals surface area (Å²) in [5.41, 5.74) is 5.77. The molecule has 3 aromatic rings. The number of hydrogen-bond donors (Lipinski definition) is 2. The number of fused-ring (bicyclic) bond motifs is 2. The van der Waals surface area contributed by atoms with Gasteiger partial charge in [0, 0.05) is 31.4 Å². The van der Waals surface area contributed by atoms with E-state index in [0.29, 0.717) is 30.6 Å². The Balaban J connectivity index is 1.97. The number of halogens is 2. The highest BCUT2D eigenvalue weighted by atomic mass is 19.1. The Morgan fingerprint density at radius 1 is 1.18 bits per heavy atom. The van der Waals surface area contributed by atoms with Crippen LogP contribution in [0.1, 0.15) is 30.9 Å². The van der Waals surface area contributed by atoms with Gasteiger partial charge in [0.05, 0.1) is 16.4 Å². The molecule has 3 N–H and O–H groups in total. The van der Waals surface area contributed by atoms with Crippen LogP contribution in [-0.4, -0.2) is 28.7 Å². The zero-order valence-corrected chi connectivity index (χ0v) is 15.4. The fourth-order valence-corrected chi connectivity index (χ4v) is 4.37. The number of pyridine rings is 2. The number of aryl methyl sites for hydroxylation is 1. The maximum atomic E-state index is 15.7. The number of benzene rings is 1. The van der Waals surface area contributed by atoms with Crippen LogP contribution in [0.5, 0.6) is 0 Å². The molecule has 0 bridgehead atoms. The zero-order valence-electron chi connectivity index (χ0n) is 15.4. The molecule has 3 heterocycles. The van der Waals surface area contributed by atoms with Crippen LogP contribution in [0.15, 0.2) is 21.9 Å². The minimum Gasteiger partial charge on any atom is -0.365 e. The molecule has 1 aromatic carbocycles. The first kappa shape index (κ1) is 17.4. The smallest absolute Gasteiger partial charge is 0.261 e. The van der Waals surface area contributed by atoms with Crippen LogP contribution in [-0.2, 0) is 0 Å². The highest BCUT2D eigenvalue weighted by molar-refractivity contribution is 5.96. The molecule has 8 heteroatoms. The third kappa shape index (κ3) is 2.33. The highest BCUT2D eigenvalue weighted by Gasteiger charge is 2.33. The van der Waals surface area contributed by atoms with Gasteiger partial charge in [0.2, 0.25) is 5.43 Å². The third-order valence-corrected chi connectivity index (χ3v) is 5.83. The van der Waals surface area contributed by atoms with Crippen molar-refractivity contribution in [3.63, 3.8) is 0 Å². The predicted molar refractivity (Wildman–Crippen MR) is 104 cm³/mol. The average Bonchev–Trinajstić information content (AvgIpc) is 3.40. The van der Waals surface area contributed by atoms with Gasteiger partial charge < -0.3 is 20.2 Å². The third-order valence-electron chi connectivity index (χ3n) is 5.83. The van der Waals surface area contributed by atoms with Crippen molar-refractivity contribution in [1.29, 1.82) is 0 Å². The van der Waals surface area contributed by atoms with Gasteiger partial charge in [0.1, 0.15) is 16.9 Å². The van der Waals surface area contributed by atoms with Crippen LogP contribution < -0.4 is 21.6 Å². The van der Waals surface area contributed by atoms with E-state index in [1.165, 1.54) is 6.20 Å². The summed E-state index contributed by atoms with van der Waals surface area (Å²) < 4.78 is 32.4. The lowest BCUT2D eigenvalue weighted by Gasteiger charge is -2.23. The van der Waals surface area contributed by atoms with Gasteiger partial charge >= 0.3 is 0 Å². The van der Waals surface area contributed by atoms with Crippen molar-refractivity contribution in [2.24, 2.45) is 5.73 Å². The van der Waals surface area contributed by atoms with E-state index in [4.69, 9.17) is 5.73 Å². The van der Waals surface area contributed by atoms with E-state index in [9.17, 15) is 14.0 Å². The molecule has 6 nitrogen and oxygen atoms in total. The molecule has 1 aliphatic heterocycles. The molecule has 28 heavy (non-hydrogen) atoms. The summed E-state index contributed by atoms with van der Waals surface area (Å²) >= 11 is 0. The number of nitrogens with zero attached hydrogens (tertiary/aromatic N) is 2. The molecule has 1 saturated carbocycles. The predicted octanol–water partition coefficient (Wildman–Crippen LogP) is 2.30. The van der Waals surface area contributed by atoms with Gasteiger partial charge in [-0.25, -0.2) is 8.78 Å². The largest absolute Gasteiger partial charge is 0.365 e. The Bertz CT molecular complexity index is 1260. The summed E-state index contributed by atoms with van der Waals surface area (Å²) in [6, 6.07) is 0.914. The first-order valence-electron chi connectivity index (χ1n) is 9.47. The van der Waals surface area contributed by atoms with Gasteiger partial charge in [0.15, 0.2) is 5.82 Å². The molecule has 1 atom stereocenters. The summed E-state index contributed by atoms with van der Waals surface area (Å²) in [5, 5.41) is -0.146. The van der Waals surface area contributed by atoms with Crippen molar-refractivity contribution in [2.75, 3.05) is 18.0 Å². The van der Waals surface area contributed by atoms with Crippen LogP contribution in [0.2, 0.25) is 0 Å². The zero-order chi connectivity index (χ0) is 19.7. The molecule has 5 rings (SSSR count). The Hall–Kier alpha value is -2.74. The van der Waals surface area contributed by atoms with Gasteiger partial charge in [-0.3, -0.25) is 9.59 Å². The van der Waals surface area contributed by atoms with E-state index in [0.717, 1.165) is 18.9 Å². The highest BCUT2D eigenvalue weighted by Crippen LogP contribution is 2.42. The molecule has 0 radical (unpaired) electrons. The molecule has 2 fully saturated rings. The molecule has 0 spiro atoms. The summed E-state index contributed by atoms with van der Waals surface area (Å²) in [5.74, 6) is -1.56. The monoisotopic (exact) mass is 386 g/mol. The SMILES string of the molecule is Cc1c[nH]c(=O)c2c(=O)c3cc(F)c(N4CCC(N)C4)c(F)c3n(C3CC3)c12. The minimum atomic E-state index is -0.804. The van der Waals surface area contributed by atoms with Crippen molar-refractivity contribution in [3.05, 3.63) is 50.0 Å². The first-order chi connectivity index (χ1) is 13.4. The Morgan fingerprint density at radius 3 is 2.57 bits per heavy atom. The molecule has 2 aliphatic rings. The van der Waals surface area contributed by atoms with E-state index in [-0.39, 0.29) is 34.1 Å². The van der Waals surface area contributed by atoms with Crippen molar-refractivity contribution >= 4 is 27.5 Å². The van der Waals surface area contributed by atoms with Crippen LogP contribution >= 0.6 is 0 Å². The standard InChI is InChI=1S/C20H20F2N4O2/c1-9-7-24-20(28)14-16(9)26(11-2-3-11)17-12(19(14)27)6-13(21)18(15(17)22)25-5-4-10(23)8-25/h6-7,10-11H,2-5,8,23H2,1H3,(H,24,28). The number of anilines is 1. The molecular weight excluding hydrogens is 366 g/mol. The molecular formula is C20H20F2N4O2. The van der Waals surface area contributed by atoms with Gasteiger partial charge in [-0.2, -0.15) is 0 Å². The summed E-state index contributed by atoms with van der Waals surface area (Å²) in [6.45, 7) is 2.59. The van der Waals surface area contributed by atoms with Crippen LogP contribution in [0.4, 0.5) is 14.5 Å². The number of hydrogen-bond acceptors (Lipinski definition) is 4. The lowest BCUT2D eigenvalue weighted by molar-refractivity contribution is 0.579. The van der Waals surface area contributed by atoms with Gasteiger partial charge in [-0.15, -0.1) is 0 Å². The normalized spacial score (nSPS) is 19.9. The molecule has 2 aromatic heterocycles. The number of aromatic nitrogens is 2. The number of aromatic amines is 1. The molecule has 0 amide bonds. The second-order valence-electron chi connectivity index (χ2n) is 7.87. The molecule has 1 aliphatic carbocycles. The van der Waals surface area contributed by atoms with Crippen LogP contribution in [0.25, 0.3) is 21.8 Å². The maximum absolute atomic E-state index is 15.7. The van der Waals surface area contributed by atoms with Crippen molar-refractivity contribution in [3.8, 4) is 0 Å². The van der Waals surface area contributed by atoms with E-state index >= 15 is 4.39 Å². The topological polar surface area (TPSA) is 84.1 Å². The summed E-state index contributed by atoms with van der Waals surface area (Å²) in [4.78, 5) is 29.6. The van der Waals surface area contributed by atoms with E-state index < -0.39 is 22.6 Å². The van der Waals surface area contributed by atoms with Crippen molar-refractivity contribution in [2.45, 2.75) is 38.3 Å². The first-order valence-corrected chi connectivity index (χ1v) is 9.47.